The van der Waals surface area contributed by atoms with E-state index >= 15 is 0 Å². The fourth-order valence-corrected chi connectivity index (χ4v) is 2.06. The number of aromatic nitrogens is 1. The molecule has 0 saturated heterocycles. The van der Waals surface area contributed by atoms with E-state index in [0.29, 0.717) is 28.9 Å². The Morgan fingerprint density at radius 1 is 1.04 bits per heavy atom. The molecule has 0 aliphatic heterocycles. The molecule has 1 heterocycles. The molecule has 0 unspecified atom stereocenters. The summed E-state index contributed by atoms with van der Waals surface area (Å²) in [6, 6.07) is 10.1. The van der Waals surface area contributed by atoms with Crippen molar-refractivity contribution in [2.24, 2.45) is 0 Å². The molecule has 1 aliphatic rings. The first-order valence-corrected chi connectivity index (χ1v) is 7.63. The quantitative estimate of drug-likeness (QED) is 0.787. The summed E-state index contributed by atoms with van der Waals surface area (Å²) < 4.78 is 4.97. The van der Waals surface area contributed by atoms with Crippen molar-refractivity contribution in [3.63, 3.8) is 0 Å². The van der Waals surface area contributed by atoms with Crippen LogP contribution in [0, 0.1) is 0 Å². The molecule has 1 aromatic heterocycles. The van der Waals surface area contributed by atoms with E-state index in [1.807, 2.05) is 0 Å². The van der Waals surface area contributed by atoms with Gasteiger partial charge in [0.2, 0.25) is 5.88 Å². The number of anilines is 2. The summed E-state index contributed by atoms with van der Waals surface area (Å²) in [4.78, 5) is 27.9. The van der Waals surface area contributed by atoms with E-state index in [1.54, 1.807) is 36.4 Å². The molecule has 0 bridgehead atoms. The van der Waals surface area contributed by atoms with Gasteiger partial charge in [-0.1, -0.05) is 0 Å². The number of methoxy groups -OCH3 is 1. The fourth-order valence-electron chi connectivity index (χ4n) is 2.06. The van der Waals surface area contributed by atoms with Crippen molar-refractivity contribution in [3.05, 3.63) is 48.2 Å². The highest BCUT2D eigenvalue weighted by Gasteiger charge is 2.23. The lowest BCUT2D eigenvalue weighted by Gasteiger charge is -2.08. The van der Waals surface area contributed by atoms with Crippen molar-refractivity contribution in [2.75, 3.05) is 17.7 Å². The molecule has 7 heteroatoms. The molecule has 2 aromatic rings. The molecule has 3 rings (SSSR count). The number of amides is 3. The largest absolute Gasteiger partial charge is 0.481 e. The van der Waals surface area contributed by atoms with Gasteiger partial charge in [0.25, 0.3) is 5.91 Å². The molecule has 1 fully saturated rings. The molecule has 0 radical (unpaired) electrons. The van der Waals surface area contributed by atoms with Crippen molar-refractivity contribution in [1.29, 1.82) is 0 Å². The fraction of sp³-hybridized carbons (Fsp3) is 0.235. The van der Waals surface area contributed by atoms with Crippen molar-refractivity contribution >= 4 is 23.3 Å². The zero-order valence-corrected chi connectivity index (χ0v) is 13.2. The summed E-state index contributed by atoms with van der Waals surface area (Å²) in [6.45, 7) is 0. The topological polar surface area (TPSA) is 92.4 Å². The lowest BCUT2D eigenvalue weighted by atomic mass is 10.2. The molecule has 7 nitrogen and oxygen atoms in total. The lowest BCUT2D eigenvalue weighted by molar-refractivity contribution is 0.102. The predicted octanol–water partition coefficient (Wildman–Crippen LogP) is 2.63. The van der Waals surface area contributed by atoms with Crippen molar-refractivity contribution < 1.29 is 14.3 Å². The number of nitrogens with zero attached hydrogens (tertiary/aromatic N) is 1. The third kappa shape index (κ3) is 4.22. The van der Waals surface area contributed by atoms with E-state index in [-0.39, 0.29) is 11.9 Å². The molecule has 0 spiro atoms. The standard InChI is InChI=1S/C17H18N4O3/c1-24-15-9-8-14(10-18-15)19-16(22)11-2-4-12(5-3-11)20-17(23)21-13-6-7-13/h2-5,8-10,13H,6-7H2,1H3,(H,19,22)(H2,20,21,23). The number of pyridine rings is 1. The summed E-state index contributed by atoms with van der Waals surface area (Å²) in [7, 11) is 1.53. The monoisotopic (exact) mass is 326 g/mol. The summed E-state index contributed by atoms with van der Waals surface area (Å²) in [5.41, 5.74) is 1.70. The Morgan fingerprint density at radius 2 is 1.75 bits per heavy atom. The van der Waals surface area contributed by atoms with Crippen molar-refractivity contribution in [1.82, 2.24) is 10.3 Å². The van der Waals surface area contributed by atoms with Gasteiger partial charge in [-0.15, -0.1) is 0 Å². The maximum absolute atomic E-state index is 12.2. The van der Waals surface area contributed by atoms with Crippen LogP contribution < -0.4 is 20.7 Å². The molecular weight excluding hydrogens is 308 g/mol. The number of rotatable bonds is 5. The Balaban J connectivity index is 1.57. The molecule has 3 N–H and O–H groups in total. The van der Waals surface area contributed by atoms with Gasteiger partial charge in [0.1, 0.15) is 0 Å². The lowest BCUT2D eigenvalue weighted by Crippen LogP contribution is -2.30. The Morgan fingerprint density at radius 3 is 2.33 bits per heavy atom. The first-order chi connectivity index (χ1) is 11.6. The van der Waals surface area contributed by atoms with Crippen LogP contribution in [0.25, 0.3) is 0 Å². The molecule has 3 amide bonds. The van der Waals surface area contributed by atoms with E-state index in [0.717, 1.165) is 12.8 Å². The van der Waals surface area contributed by atoms with E-state index in [9.17, 15) is 9.59 Å². The maximum Gasteiger partial charge on any atom is 0.319 e. The van der Waals surface area contributed by atoms with Gasteiger partial charge in [-0.3, -0.25) is 4.79 Å². The Labute approximate surface area is 139 Å². The molecular formula is C17H18N4O3. The van der Waals surface area contributed by atoms with E-state index in [4.69, 9.17) is 4.74 Å². The summed E-state index contributed by atoms with van der Waals surface area (Å²) in [6.07, 6.45) is 3.59. The third-order valence-electron chi connectivity index (χ3n) is 3.52. The van der Waals surface area contributed by atoms with Gasteiger partial charge < -0.3 is 20.7 Å². The number of benzene rings is 1. The second-order valence-corrected chi connectivity index (χ2v) is 5.49. The number of urea groups is 1. The minimum Gasteiger partial charge on any atom is -0.481 e. The van der Waals surface area contributed by atoms with Gasteiger partial charge >= 0.3 is 6.03 Å². The van der Waals surface area contributed by atoms with Crippen LogP contribution in [-0.2, 0) is 0 Å². The Kier molecular flexibility index (Phi) is 4.60. The average Bonchev–Trinajstić information content (AvgIpc) is 3.40. The van der Waals surface area contributed by atoms with Gasteiger partial charge in [-0.25, -0.2) is 9.78 Å². The maximum atomic E-state index is 12.2. The van der Waals surface area contributed by atoms with Crippen LogP contribution in [0.15, 0.2) is 42.6 Å². The SMILES string of the molecule is COc1ccc(NC(=O)c2ccc(NC(=O)NC3CC3)cc2)cn1. The highest BCUT2D eigenvalue weighted by molar-refractivity contribution is 6.04. The summed E-state index contributed by atoms with van der Waals surface area (Å²) in [5, 5.41) is 8.32. The second-order valence-electron chi connectivity index (χ2n) is 5.49. The number of ether oxygens (including phenoxy) is 1. The predicted molar refractivity (Wildman–Crippen MR) is 90.4 cm³/mol. The van der Waals surface area contributed by atoms with Gasteiger partial charge in [0.15, 0.2) is 0 Å². The molecule has 0 atom stereocenters. The van der Waals surface area contributed by atoms with Crippen molar-refractivity contribution in [3.8, 4) is 5.88 Å². The van der Waals surface area contributed by atoms with Crippen LogP contribution in [0.4, 0.5) is 16.2 Å². The van der Waals surface area contributed by atoms with Crippen molar-refractivity contribution in [2.45, 2.75) is 18.9 Å². The summed E-state index contributed by atoms with van der Waals surface area (Å²) >= 11 is 0. The first-order valence-electron chi connectivity index (χ1n) is 7.63. The van der Waals surface area contributed by atoms with Crippen LogP contribution in [0.1, 0.15) is 23.2 Å². The van der Waals surface area contributed by atoms with Gasteiger partial charge in [-0.05, 0) is 43.2 Å². The summed E-state index contributed by atoms with van der Waals surface area (Å²) in [5.74, 6) is 0.226. The Bertz CT molecular complexity index is 725. The van der Waals surface area contributed by atoms with Crippen LogP contribution in [0.2, 0.25) is 0 Å². The first kappa shape index (κ1) is 15.8. The number of carbonyl (C=O) groups excluding carboxylic acids is 2. The molecule has 1 aliphatic carbocycles. The van der Waals surface area contributed by atoms with Crippen LogP contribution in [0.3, 0.4) is 0 Å². The number of hydrogen-bond donors (Lipinski definition) is 3. The normalized spacial score (nSPS) is 13.0. The zero-order chi connectivity index (χ0) is 16.9. The highest BCUT2D eigenvalue weighted by atomic mass is 16.5. The number of carbonyl (C=O) groups is 2. The van der Waals surface area contributed by atoms with E-state index in [1.165, 1.54) is 13.3 Å². The third-order valence-corrected chi connectivity index (χ3v) is 3.52. The molecule has 24 heavy (non-hydrogen) atoms. The van der Waals surface area contributed by atoms with Gasteiger partial charge in [0, 0.05) is 23.4 Å². The Hall–Kier alpha value is -3.09. The number of nitrogens with one attached hydrogen (secondary N) is 3. The smallest absolute Gasteiger partial charge is 0.319 e. The van der Waals surface area contributed by atoms with Crippen LogP contribution in [-0.4, -0.2) is 30.1 Å². The van der Waals surface area contributed by atoms with Crippen LogP contribution >= 0.6 is 0 Å². The molecule has 1 aromatic carbocycles. The highest BCUT2D eigenvalue weighted by Crippen LogP contribution is 2.19. The second kappa shape index (κ2) is 6.99. The minimum atomic E-state index is -0.254. The van der Waals surface area contributed by atoms with E-state index in [2.05, 4.69) is 20.9 Å². The van der Waals surface area contributed by atoms with Gasteiger partial charge in [0.05, 0.1) is 19.0 Å². The van der Waals surface area contributed by atoms with Gasteiger partial charge in [-0.2, -0.15) is 0 Å². The average molecular weight is 326 g/mol. The minimum absolute atomic E-state index is 0.223. The number of hydrogen-bond acceptors (Lipinski definition) is 4. The molecule has 124 valence electrons. The zero-order valence-electron chi connectivity index (χ0n) is 13.2. The van der Waals surface area contributed by atoms with E-state index < -0.39 is 0 Å². The van der Waals surface area contributed by atoms with Crippen LogP contribution in [0.5, 0.6) is 5.88 Å². The molecule has 1 saturated carbocycles.